The Bertz CT molecular complexity index is 228. The Labute approximate surface area is 64.5 Å². The molecule has 10 heavy (non-hydrogen) atoms. The molecule has 54 valence electrons. The van der Waals surface area contributed by atoms with E-state index in [0.717, 1.165) is 5.57 Å². The number of hydrogen-bond acceptors (Lipinski definition) is 2. The van der Waals surface area contributed by atoms with Gasteiger partial charge in [-0.1, -0.05) is 0 Å². The van der Waals surface area contributed by atoms with E-state index in [1.165, 1.54) is 0 Å². The van der Waals surface area contributed by atoms with E-state index < -0.39 is 0 Å². The molecule has 2 N–H and O–H groups in total. The van der Waals surface area contributed by atoms with Crippen LogP contribution < -0.4 is 10.6 Å². The summed E-state index contributed by atoms with van der Waals surface area (Å²) in [4.78, 5) is 10.9. The Hall–Kier alpha value is -0.900. The van der Waals surface area contributed by atoms with Crippen molar-refractivity contribution in [2.45, 2.75) is 13.8 Å². The third kappa shape index (κ3) is 1.16. The number of allylic oxidation sites excluding steroid dienone is 1. The summed E-state index contributed by atoms with van der Waals surface area (Å²) in [5.74, 6) is -0.134. The minimum atomic E-state index is -0.134. The fourth-order valence-corrected chi connectivity index (χ4v) is 0.914. The minimum absolute atomic E-state index is 0.134. The molecule has 0 aromatic carbocycles. The first kappa shape index (κ1) is 7.21. The van der Waals surface area contributed by atoms with Gasteiger partial charge in [-0.3, -0.25) is 10.1 Å². The number of carbonyl (C=O) groups excluding carboxylic acids is 1. The van der Waals surface area contributed by atoms with Gasteiger partial charge in [-0.2, -0.15) is 0 Å². The van der Waals surface area contributed by atoms with Crippen LogP contribution >= 0.6 is 12.2 Å². The molecule has 0 saturated carbocycles. The summed E-state index contributed by atoms with van der Waals surface area (Å²) in [7, 11) is 0. The van der Waals surface area contributed by atoms with Gasteiger partial charge in [-0.15, -0.1) is 0 Å². The van der Waals surface area contributed by atoms with E-state index in [1.54, 1.807) is 0 Å². The third-order valence-corrected chi connectivity index (χ3v) is 1.40. The second-order valence-corrected chi connectivity index (χ2v) is 2.69. The molecule has 0 aromatic heterocycles. The van der Waals surface area contributed by atoms with Gasteiger partial charge in [0.1, 0.15) is 5.70 Å². The summed E-state index contributed by atoms with van der Waals surface area (Å²) in [6.45, 7) is 3.71. The molecule has 3 nitrogen and oxygen atoms in total. The summed E-state index contributed by atoms with van der Waals surface area (Å²) in [6.07, 6.45) is 0. The van der Waals surface area contributed by atoms with Crippen LogP contribution in [0.1, 0.15) is 13.8 Å². The van der Waals surface area contributed by atoms with Crippen molar-refractivity contribution in [2.75, 3.05) is 0 Å². The molecule has 1 saturated heterocycles. The summed E-state index contributed by atoms with van der Waals surface area (Å²) in [6, 6.07) is 0. The van der Waals surface area contributed by atoms with Crippen LogP contribution in [0.25, 0.3) is 0 Å². The zero-order valence-corrected chi connectivity index (χ0v) is 6.63. The average molecular weight is 156 g/mol. The predicted molar refractivity (Wildman–Crippen MR) is 42.3 cm³/mol. The second-order valence-electron chi connectivity index (χ2n) is 2.28. The van der Waals surface area contributed by atoms with E-state index >= 15 is 0 Å². The molecule has 1 amide bonds. The Balaban J connectivity index is 2.93. The molecule has 0 spiro atoms. The number of hydrogen-bond donors (Lipinski definition) is 2. The van der Waals surface area contributed by atoms with Crippen LogP contribution in [0.15, 0.2) is 11.3 Å². The minimum Gasteiger partial charge on any atom is -0.328 e. The average Bonchev–Trinajstić information content (AvgIpc) is 2.10. The molecule has 0 unspecified atom stereocenters. The molecule has 0 atom stereocenters. The Morgan fingerprint density at radius 3 is 2.20 bits per heavy atom. The molecule has 1 fully saturated rings. The molecule has 1 heterocycles. The first-order valence-corrected chi connectivity index (χ1v) is 3.32. The maximum Gasteiger partial charge on any atom is 0.273 e. The van der Waals surface area contributed by atoms with E-state index in [9.17, 15) is 4.79 Å². The van der Waals surface area contributed by atoms with Crippen molar-refractivity contribution < 1.29 is 4.79 Å². The van der Waals surface area contributed by atoms with Gasteiger partial charge in [0, 0.05) is 0 Å². The Kier molecular flexibility index (Phi) is 1.72. The van der Waals surface area contributed by atoms with E-state index in [2.05, 4.69) is 10.6 Å². The second kappa shape index (κ2) is 2.38. The molecular weight excluding hydrogens is 148 g/mol. The van der Waals surface area contributed by atoms with Crippen molar-refractivity contribution in [1.82, 2.24) is 10.6 Å². The zero-order valence-electron chi connectivity index (χ0n) is 5.82. The Morgan fingerprint density at radius 2 is 2.00 bits per heavy atom. The van der Waals surface area contributed by atoms with Crippen molar-refractivity contribution in [3.05, 3.63) is 11.3 Å². The molecule has 0 aliphatic carbocycles. The highest BCUT2D eigenvalue weighted by Crippen LogP contribution is 2.03. The lowest BCUT2D eigenvalue weighted by Gasteiger charge is -1.94. The topological polar surface area (TPSA) is 41.1 Å². The molecule has 4 heteroatoms. The normalized spacial score (nSPS) is 16.8. The Morgan fingerprint density at radius 1 is 1.40 bits per heavy atom. The smallest absolute Gasteiger partial charge is 0.273 e. The number of rotatable bonds is 0. The van der Waals surface area contributed by atoms with Crippen molar-refractivity contribution >= 4 is 23.2 Å². The molecule has 1 aliphatic heterocycles. The standard InChI is InChI=1S/C6H8N2OS/c1-3(2)4-5(9)8-6(10)7-4/h1-2H3,(H2,7,8,9,10). The van der Waals surface area contributed by atoms with Crippen molar-refractivity contribution in [1.29, 1.82) is 0 Å². The quantitative estimate of drug-likeness (QED) is 0.391. The highest BCUT2D eigenvalue weighted by Gasteiger charge is 2.20. The number of amides is 1. The highest BCUT2D eigenvalue weighted by molar-refractivity contribution is 7.80. The first-order chi connectivity index (χ1) is 4.61. The monoisotopic (exact) mass is 156 g/mol. The number of carbonyl (C=O) groups is 1. The summed E-state index contributed by atoms with van der Waals surface area (Å²) >= 11 is 4.72. The molecule has 1 aliphatic rings. The van der Waals surface area contributed by atoms with Crippen LogP contribution in [0, 0.1) is 0 Å². The molecule has 0 radical (unpaired) electrons. The van der Waals surface area contributed by atoms with Gasteiger partial charge in [-0.25, -0.2) is 0 Å². The van der Waals surface area contributed by atoms with Gasteiger partial charge in [0.05, 0.1) is 0 Å². The van der Waals surface area contributed by atoms with Gasteiger partial charge >= 0.3 is 0 Å². The van der Waals surface area contributed by atoms with Gasteiger partial charge in [-0.05, 0) is 31.6 Å². The van der Waals surface area contributed by atoms with Crippen LogP contribution in [0.5, 0.6) is 0 Å². The molecule has 1 rings (SSSR count). The largest absolute Gasteiger partial charge is 0.328 e. The SMILES string of the molecule is CC(C)=C1NC(=S)NC1=O. The fourth-order valence-electron chi connectivity index (χ4n) is 0.719. The molecular formula is C6H8N2OS. The number of thiocarbonyl (C=S) groups is 1. The first-order valence-electron chi connectivity index (χ1n) is 2.91. The van der Waals surface area contributed by atoms with Crippen molar-refractivity contribution in [3.8, 4) is 0 Å². The van der Waals surface area contributed by atoms with E-state index in [-0.39, 0.29) is 5.91 Å². The van der Waals surface area contributed by atoms with Crippen LogP contribution in [0.3, 0.4) is 0 Å². The van der Waals surface area contributed by atoms with Crippen LogP contribution in [-0.4, -0.2) is 11.0 Å². The van der Waals surface area contributed by atoms with Crippen LogP contribution in [0.4, 0.5) is 0 Å². The lowest BCUT2D eigenvalue weighted by Crippen LogP contribution is -2.21. The maximum absolute atomic E-state index is 10.9. The summed E-state index contributed by atoms with van der Waals surface area (Å²) in [5, 5.41) is 5.62. The zero-order chi connectivity index (χ0) is 7.72. The number of nitrogens with one attached hydrogen (secondary N) is 2. The lowest BCUT2D eigenvalue weighted by atomic mass is 10.2. The molecule has 0 aromatic rings. The summed E-state index contributed by atoms with van der Waals surface area (Å²) in [5.41, 5.74) is 1.52. The molecule has 0 bridgehead atoms. The van der Waals surface area contributed by atoms with Crippen LogP contribution in [-0.2, 0) is 4.79 Å². The lowest BCUT2D eigenvalue weighted by molar-refractivity contribution is -0.115. The predicted octanol–water partition coefficient (Wildman–Crippen LogP) is 0.285. The van der Waals surface area contributed by atoms with E-state index in [4.69, 9.17) is 12.2 Å². The van der Waals surface area contributed by atoms with E-state index in [1.807, 2.05) is 13.8 Å². The van der Waals surface area contributed by atoms with Gasteiger partial charge < -0.3 is 5.32 Å². The van der Waals surface area contributed by atoms with Gasteiger partial charge in [0.15, 0.2) is 5.11 Å². The van der Waals surface area contributed by atoms with Gasteiger partial charge in [0.25, 0.3) is 5.91 Å². The van der Waals surface area contributed by atoms with Crippen molar-refractivity contribution in [3.63, 3.8) is 0 Å². The van der Waals surface area contributed by atoms with Crippen molar-refractivity contribution in [2.24, 2.45) is 0 Å². The van der Waals surface area contributed by atoms with Gasteiger partial charge in [0.2, 0.25) is 0 Å². The maximum atomic E-state index is 10.9. The summed E-state index contributed by atoms with van der Waals surface area (Å²) < 4.78 is 0. The third-order valence-electron chi connectivity index (χ3n) is 1.19. The van der Waals surface area contributed by atoms with E-state index in [0.29, 0.717) is 10.8 Å². The fraction of sp³-hybridized carbons (Fsp3) is 0.333. The highest BCUT2D eigenvalue weighted by atomic mass is 32.1. The van der Waals surface area contributed by atoms with Crippen LogP contribution in [0.2, 0.25) is 0 Å².